The Morgan fingerprint density at radius 2 is 2.00 bits per heavy atom. The first-order valence-electron chi connectivity index (χ1n) is 0.729. The SMILES string of the molecule is [O]NC=O. The summed E-state index contributed by atoms with van der Waals surface area (Å²) in [6.45, 7) is 0. The molecule has 1 radical (unpaired) electrons. The van der Waals surface area contributed by atoms with E-state index in [4.69, 9.17) is 10.0 Å². The second-order valence-electron chi connectivity index (χ2n) is 0.236. The van der Waals surface area contributed by atoms with Gasteiger partial charge in [0, 0.05) is 0 Å². The molecule has 1 N–H and O–H groups in total. The van der Waals surface area contributed by atoms with E-state index in [1.165, 1.54) is 0 Å². The minimum atomic E-state index is 0.0694. The number of hydrogen-bond donors (Lipinski definition) is 1. The van der Waals surface area contributed by atoms with Crippen LogP contribution in [0.25, 0.3) is 0 Å². The van der Waals surface area contributed by atoms with E-state index >= 15 is 0 Å². The average Bonchev–Trinajstić information content (AvgIpc) is 1.37. The molecule has 0 spiro atoms. The van der Waals surface area contributed by atoms with Gasteiger partial charge in [0.05, 0.1) is 0 Å². The molecule has 0 rings (SSSR count). The molecule has 0 heterocycles. The van der Waals surface area contributed by atoms with E-state index in [2.05, 4.69) is 0 Å². The highest BCUT2D eigenvalue weighted by Crippen LogP contribution is 1.11. The van der Waals surface area contributed by atoms with Crippen LogP contribution in [0.2, 0.25) is 0 Å². The van der Waals surface area contributed by atoms with Gasteiger partial charge in [-0.25, -0.2) is 5.48 Å². The zero-order valence-corrected chi connectivity index (χ0v) is 1.89. The Hall–Kier alpha value is -0.570. The lowest BCUT2D eigenvalue weighted by molar-refractivity contribution is -0.120. The molecule has 0 aromatic heterocycles. The van der Waals surface area contributed by atoms with Gasteiger partial charge in [-0.1, -0.05) is 5.21 Å². The highest BCUT2D eigenvalue weighted by atomic mass is 16.5. The second kappa shape index (κ2) is 2.43. The van der Waals surface area contributed by atoms with Crippen LogP contribution in [0, 0.1) is 0 Å². The van der Waals surface area contributed by atoms with Crippen LogP contribution in [-0.4, -0.2) is 6.41 Å². The van der Waals surface area contributed by atoms with Crippen LogP contribution in [0.4, 0.5) is 0 Å². The Morgan fingerprint density at radius 1 is 1.75 bits per heavy atom. The van der Waals surface area contributed by atoms with E-state index in [9.17, 15) is 0 Å². The molecule has 0 aliphatic rings. The molecule has 0 atom stereocenters. The van der Waals surface area contributed by atoms with Gasteiger partial charge in [0.1, 0.15) is 0 Å². The van der Waals surface area contributed by atoms with Crippen molar-refractivity contribution in [3.05, 3.63) is 0 Å². The van der Waals surface area contributed by atoms with Crippen molar-refractivity contribution in [3.8, 4) is 0 Å². The Bertz CT molecular complexity index is 20.0. The van der Waals surface area contributed by atoms with Gasteiger partial charge < -0.3 is 0 Å². The lowest BCUT2D eigenvalue weighted by Gasteiger charge is -1.58. The zero-order valence-electron chi connectivity index (χ0n) is 1.89. The molecule has 0 saturated heterocycles. The van der Waals surface area contributed by atoms with Crippen molar-refractivity contribution < 1.29 is 10.0 Å². The van der Waals surface area contributed by atoms with Crippen molar-refractivity contribution >= 4 is 6.41 Å². The fraction of sp³-hybridized carbons (Fsp3) is 0. The molecule has 0 aromatic carbocycles. The first-order chi connectivity index (χ1) is 1.91. The number of carbonyl (C=O) groups is 1. The van der Waals surface area contributed by atoms with E-state index in [0.29, 0.717) is 0 Å². The number of hydroxylamine groups is 1. The molecular formula is CH2NO2. The lowest BCUT2D eigenvalue weighted by atomic mass is 11.5. The Morgan fingerprint density at radius 3 is 2.00 bits per heavy atom. The summed E-state index contributed by atoms with van der Waals surface area (Å²) in [5.74, 6) is 0. The van der Waals surface area contributed by atoms with E-state index in [1.54, 1.807) is 0 Å². The minimum Gasteiger partial charge on any atom is -0.277 e. The molecule has 3 nitrogen and oxygen atoms in total. The number of rotatable bonds is 1. The summed E-state index contributed by atoms with van der Waals surface area (Å²) in [6, 6.07) is 0. The van der Waals surface area contributed by atoms with Crippen LogP contribution >= 0.6 is 0 Å². The summed E-state index contributed by atoms with van der Waals surface area (Å²) in [6.07, 6.45) is 0.0694. The fourth-order valence-electron chi connectivity index (χ4n) is 0. The molecular weight excluding hydrogens is 58.0 g/mol. The van der Waals surface area contributed by atoms with Crippen molar-refractivity contribution in [1.29, 1.82) is 0 Å². The summed E-state index contributed by atoms with van der Waals surface area (Å²) in [5.41, 5.74) is 1.00. The first-order valence-corrected chi connectivity index (χ1v) is 0.729. The second-order valence-corrected chi connectivity index (χ2v) is 0.236. The van der Waals surface area contributed by atoms with Gasteiger partial charge in [0.2, 0.25) is 6.41 Å². The van der Waals surface area contributed by atoms with Crippen molar-refractivity contribution in [2.24, 2.45) is 0 Å². The number of nitrogens with one attached hydrogen (secondary N) is 1. The maximum Gasteiger partial charge on any atom is 0.233 e. The van der Waals surface area contributed by atoms with Crippen LogP contribution in [0.15, 0.2) is 0 Å². The smallest absolute Gasteiger partial charge is 0.233 e. The predicted octanol–water partition coefficient (Wildman–Crippen LogP) is -0.922. The van der Waals surface area contributed by atoms with Crippen LogP contribution in [0.1, 0.15) is 0 Å². The normalized spacial score (nSPS) is 5.25. The van der Waals surface area contributed by atoms with Gasteiger partial charge >= 0.3 is 0 Å². The molecule has 0 unspecified atom stereocenters. The van der Waals surface area contributed by atoms with Crippen molar-refractivity contribution in [2.45, 2.75) is 0 Å². The third kappa shape index (κ3) is 1.43. The third-order valence-corrected chi connectivity index (χ3v) is 0.0481. The predicted molar refractivity (Wildman–Crippen MR) is 9.89 cm³/mol. The van der Waals surface area contributed by atoms with Crippen LogP contribution < -0.4 is 5.48 Å². The molecule has 1 amide bonds. The minimum absolute atomic E-state index is 0.0694. The van der Waals surface area contributed by atoms with Gasteiger partial charge in [-0.05, 0) is 0 Å². The van der Waals surface area contributed by atoms with Crippen molar-refractivity contribution in [3.63, 3.8) is 0 Å². The average molecular weight is 60.0 g/mol. The lowest BCUT2D eigenvalue weighted by Crippen LogP contribution is -1.96. The summed E-state index contributed by atoms with van der Waals surface area (Å²) >= 11 is 0. The van der Waals surface area contributed by atoms with Gasteiger partial charge in [0.15, 0.2) is 0 Å². The largest absolute Gasteiger partial charge is 0.277 e. The van der Waals surface area contributed by atoms with E-state index in [0.717, 1.165) is 5.48 Å². The summed E-state index contributed by atoms with van der Waals surface area (Å²) in [4.78, 5) is 8.75. The van der Waals surface area contributed by atoms with Gasteiger partial charge in [-0.15, -0.1) is 0 Å². The van der Waals surface area contributed by atoms with E-state index in [1.807, 2.05) is 0 Å². The number of carbonyl (C=O) groups excluding carboxylic acids is 1. The first kappa shape index (κ1) is 3.43. The summed E-state index contributed by atoms with van der Waals surface area (Å²) in [7, 11) is 0. The Kier molecular flexibility index (Phi) is 2.08. The van der Waals surface area contributed by atoms with Gasteiger partial charge in [-0.2, -0.15) is 0 Å². The highest BCUT2D eigenvalue weighted by Gasteiger charge is 1.48. The highest BCUT2D eigenvalue weighted by molar-refractivity contribution is 5.43. The van der Waals surface area contributed by atoms with Crippen molar-refractivity contribution in [1.82, 2.24) is 5.48 Å². The molecule has 0 aliphatic carbocycles. The summed E-state index contributed by atoms with van der Waals surface area (Å²) in [5, 5.41) is 8.68. The van der Waals surface area contributed by atoms with Crippen LogP contribution in [0.3, 0.4) is 0 Å². The van der Waals surface area contributed by atoms with E-state index in [-0.39, 0.29) is 6.41 Å². The molecule has 4 heavy (non-hydrogen) atoms. The maximum atomic E-state index is 8.75. The number of hydrogen-bond acceptors (Lipinski definition) is 1. The monoisotopic (exact) mass is 60.0 g/mol. The quantitative estimate of drug-likeness (QED) is 0.308. The Labute approximate surface area is 23.2 Å². The van der Waals surface area contributed by atoms with Gasteiger partial charge in [0.25, 0.3) is 0 Å². The molecule has 0 bridgehead atoms. The third-order valence-electron chi connectivity index (χ3n) is 0.0481. The molecule has 3 heteroatoms. The maximum absolute atomic E-state index is 8.75. The van der Waals surface area contributed by atoms with Crippen molar-refractivity contribution in [2.75, 3.05) is 0 Å². The number of amides is 1. The molecule has 0 fully saturated rings. The fourth-order valence-corrected chi connectivity index (χ4v) is 0. The molecule has 23 valence electrons. The van der Waals surface area contributed by atoms with Gasteiger partial charge in [-0.3, -0.25) is 4.79 Å². The van der Waals surface area contributed by atoms with Crippen LogP contribution in [0.5, 0.6) is 0 Å². The molecule has 0 aliphatic heterocycles. The molecule has 0 aromatic rings. The topological polar surface area (TPSA) is 49.0 Å². The Balaban J connectivity index is 2.30. The standard InChI is InChI=1S/CH2NO2/c3-1-2-4/h1H,(H,2,3). The summed E-state index contributed by atoms with van der Waals surface area (Å²) < 4.78 is 0. The van der Waals surface area contributed by atoms with E-state index < -0.39 is 0 Å². The zero-order chi connectivity index (χ0) is 3.41. The molecule has 0 saturated carbocycles. The van der Waals surface area contributed by atoms with Crippen LogP contribution in [-0.2, 0) is 10.0 Å².